The number of nitrogens with two attached hydrogens (primary N) is 3. The van der Waals surface area contributed by atoms with Gasteiger partial charge in [0.05, 0.1) is 12.4 Å². The lowest BCUT2D eigenvalue weighted by atomic mass is 9.98. The van der Waals surface area contributed by atoms with Gasteiger partial charge in [0.1, 0.15) is 18.1 Å². The van der Waals surface area contributed by atoms with E-state index in [-0.39, 0.29) is 37.7 Å². The fourth-order valence-corrected chi connectivity index (χ4v) is 3.97. The number of carboxylic acid groups (broad SMARTS) is 1. The zero-order valence-corrected chi connectivity index (χ0v) is 23.4. The molecule has 0 saturated heterocycles. The Kier molecular flexibility index (Phi) is 13.3. The number of aromatic nitrogens is 2. The molecule has 5 atom stereocenters. The number of aromatic amines is 1. The van der Waals surface area contributed by atoms with E-state index in [9.17, 15) is 24.3 Å². The highest BCUT2D eigenvalue weighted by atomic mass is 16.4. The summed E-state index contributed by atoms with van der Waals surface area (Å²) in [7, 11) is 0. The van der Waals surface area contributed by atoms with Crippen molar-refractivity contribution in [1.82, 2.24) is 25.9 Å². The van der Waals surface area contributed by atoms with Crippen molar-refractivity contribution in [2.45, 2.75) is 70.1 Å². The molecule has 3 amide bonds. The first-order valence-electron chi connectivity index (χ1n) is 13.5. The molecule has 1 aromatic carbocycles. The van der Waals surface area contributed by atoms with Gasteiger partial charge in [0, 0.05) is 31.3 Å². The number of carbonyl (C=O) groups is 4. The second-order valence-electron chi connectivity index (χ2n) is 9.85. The number of nitrogens with one attached hydrogen (secondary N) is 4. The van der Waals surface area contributed by atoms with E-state index in [2.05, 4.69) is 30.9 Å². The molecule has 14 heteroatoms. The Bertz CT molecular complexity index is 1150. The number of benzene rings is 1. The summed E-state index contributed by atoms with van der Waals surface area (Å²) in [5.74, 6) is -3.32. The predicted octanol–water partition coefficient (Wildman–Crippen LogP) is -0.839. The summed E-state index contributed by atoms with van der Waals surface area (Å²) >= 11 is 0. The lowest BCUT2D eigenvalue weighted by Crippen LogP contribution is -2.58. The molecule has 0 bridgehead atoms. The monoisotopic (exact) mass is 571 g/mol. The van der Waals surface area contributed by atoms with Crippen LogP contribution in [-0.4, -0.2) is 75.4 Å². The topological polar surface area (TPSA) is 244 Å². The summed E-state index contributed by atoms with van der Waals surface area (Å²) in [4.78, 5) is 62.2. The molecular formula is C27H41N9O5. The number of H-pyrrole nitrogens is 1. The van der Waals surface area contributed by atoms with Gasteiger partial charge < -0.3 is 43.2 Å². The van der Waals surface area contributed by atoms with Gasteiger partial charge in [-0.2, -0.15) is 0 Å². The first-order chi connectivity index (χ1) is 19.5. The Morgan fingerprint density at radius 2 is 1.59 bits per heavy atom. The number of aliphatic carboxylic acids is 1. The number of guanidine groups is 1. The van der Waals surface area contributed by atoms with Gasteiger partial charge in [-0.15, -0.1) is 0 Å². The molecule has 0 aliphatic carbocycles. The Balaban J connectivity index is 2.24. The third-order valence-corrected chi connectivity index (χ3v) is 6.65. The van der Waals surface area contributed by atoms with E-state index in [4.69, 9.17) is 17.2 Å². The van der Waals surface area contributed by atoms with Crippen LogP contribution in [0.25, 0.3) is 0 Å². The van der Waals surface area contributed by atoms with Crippen LogP contribution in [0.15, 0.2) is 47.8 Å². The number of carboxylic acids is 1. The largest absolute Gasteiger partial charge is 0.480 e. The van der Waals surface area contributed by atoms with Crippen LogP contribution in [0.5, 0.6) is 0 Å². The first-order valence-corrected chi connectivity index (χ1v) is 13.5. The minimum absolute atomic E-state index is 0.00367. The number of imidazole rings is 1. The molecule has 0 aliphatic rings. The number of rotatable bonds is 17. The fourth-order valence-electron chi connectivity index (χ4n) is 3.97. The SMILES string of the molecule is CCC(C)C(N)C(=O)NC(Cc1ccccc1)C(=O)NC(Cc1cnc[nH]1)C(=O)NC(CCCN=C(N)N)C(=O)O. The quantitative estimate of drug-likeness (QED) is 0.0669. The summed E-state index contributed by atoms with van der Waals surface area (Å²) < 4.78 is 0. The van der Waals surface area contributed by atoms with E-state index in [0.717, 1.165) is 5.56 Å². The molecule has 2 rings (SSSR count). The second-order valence-corrected chi connectivity index (χ2v) is 9.85. The summed E-state index contributed by atoms with van der Waals surface area (Å²) in [6.07, 6.45) is 4.09. The Morgan fingerprint density at radius 3 is 2.15 bits per heavy atom. The van der Waals surface area contributed by atoms with Crippen molar-refractivity contribution < 1.29 is 24.3 Å². The molecule has 0 aliphatic heterocycles. The van der Waals surface area contributed by atoms with Crippen molar-refractivity contribution in [2.24, 2.45) is 28.1 Å². The lowest BCUT2D eigenvalue weighted by Gasteiger charge is -2.26. The molecule has 0 spiro atoms. The average molecular weight is 572 g/mol. The van der Waals surface area contributed by atoms with Gasteiger partial charge in [-0.3, -0.25) is 19.4 Å². The van der Waals surface area contributed by atoms with E-state index in [1.54, 1.807) is 0 Å². The first kappa shape index (κ1) is 32.8. The van der Waals surface area contributed by atoms with Crippen LogP contribution < -0.4 is 33.2 Å². The molecule has 41 heavy (non-hydrogen) atoms. The van der Waals surface area contributed by atoms with Crippen molar-refractivity contribution in [1.29, 1.82) is 0 Å². The highest BCUT2D eigenvalue weighted by Crippen LogP contribution is 2.09. The molecule has 0 radical (unpaired) electrons. The Hall–Kier alpha value is -4.46. The summed E-state index contributed by atoms with van der Waals surface area (Å²) in [6.45, 7) is 3.95. The van der Waals surface area contributed by atoms with Gasteiger partial charge in [-0.1, -0.05) is 50.6 Å². The standard InChI is InChI=1S/C27H41N9O5/c1-3-16(2)22(28)25(39)36-20(12-17-8-5-4-6-9-17)23(37)35-21(13-18-14-31-15-33-18)24(38)34-19(26(40)41)10-7-11-32-27(29)30/h4-6,8-9,14-16,19-22H,3,7,10-13,28H2,1-2H3,(H,31,33)(H,34,38)(H,35,37)(H,36,39)(H,40,41)(H4,29,30,32). The maximum absolute atomic E-state index is 13.6. The van der Waals surface area contributed by atoms with Crippen LogP contribution >= 0.6 is 0 Å². The van der Waals surface area contributed by atoms with Crippen molar-refractivity contribution in [3.8, 4) is 0 Å². The third kappa shape index (κ3) is 11.3. The van der Waals surface area contributed by atoms with Crippen LogP contribution in [0, 0.1) is 5.92 Å². The van der Waals surface area contributed by atoms with Gasteiger partial charge in [-0.05, 0) is 24.3 Å². The van der Waals surface area contributed by atoms with Crippen LogP contribution in [0.1, 0.15) is 44.4 Å². The van der Waals surface area contributed by atoms with E-state index in [1.165, 1.54) is 12.5 Å². The van der Waals surface area contributed by atoms with Crippen LogP contribution in [0.2, 0.25) is 0 Å². The third-order valence-electron chi connectivity index (χ3n) is 6.65. The zero-order chi connectivity index (χ0) is 30.4. The normalized spacial score (nSPS) is 14.5. The van der Waals surface area contributed by atoms with Gasteiger partial charge in [-0.25, -0.2) is 9.78 Å². The number of amides is 3. The fraction of sp³-hybridized carbons (Fsp3) is 0.481. The van der Waals surface area contributed by atoms with E-state index >= 15 is 0 Å². The number of hydrogen-bond donors (Lipinski definition) is 8. The minimum atomic E-state index is -1.25. The lowest BCUT2D eigenvalue weighted by molar-refractivity contribution is -0.142. The molecule has 1 heterocycles. The van der Waals surface area contributed by atoms with Crippen LogP contribution in [0.3, 0.4) is 0 Å². The Labute approximate surface area is 238 Å². The molecule has 14 nitrogen and oxygen atoms in total. The zero-order valence-electron chi connectivity index (χ0n) is 23.4. The highest BCUT2D eigenvalue weighted by molar-refractivity contribution is 5.94. The molecule has 0 fully saturated rings. The van der Waals surface area contributed by atoms with Crippen molar-refractivity contribution in [3.63, 3.8) is 0 Å². The predicted molar refractivity (Wildman–Crippen MR) is 153 cm³/mol. The van der Waals surface area contributed by atoms with Crippen molar-refractivity contribution in [3.05, 3.63) is 54.1 Å². The molecule has 2 aromatic rings. The van der Waals surface area contributed by atoms with Crippen molar-refractivity contribution in [2.75, 3.05) is 6.54 Å². The Morgan fingerprint density at radius 1 is 0.976 bits per heavy atom. The molecule has 1 aromatic heterocycles. The van der Waals surface area contributed by atoms with E-state index < -0.39 is 47.9 Å². The van der Waals surface area contributed by atoms with Gasteiger partial charge >= 0.3 is 5.97 Å². The summed E-state index contributed by atoms with van der Waals surface area (Å²) in [6, 6.07) is 4.78. The minimum Gasteiger partial charge on any atom is -0.480 e. The van der Waals surface area contributed by atoms with Gasteiger partial charge in [0.2, 0.25) is 17.7 Å². The van der Waals surface area contributed by atoms with Gasteiger partial charge in [0.15, 0.2) is 5.96 Å². The number of nitrogens with zero attached hydrogens (tertiary/aromatic N) is 2. The molecule has 0 saturated carbocycles. The molecular weight excluding hydrogens is 530 g/mol. The van der Waals surface area contributed by atoms with Gasteiger partial charge in [0.25, 0.3) is 0 Å². The van der Waals surface area contributed by atoms with Crippen molar-refractivity contribution >= 4 is 29.7 Å². The summed E-state index contributed by atoms with van der Waals surface area (Å²) in [5.41, 5.74) is 18.0. The number of hydrogen-bond acceptors (Lipinski definition) is 7. The van der Waals surface area contributed by atoms with E-state index in [0.29, 0.717) is 18.5 Å². The maximum Gasteiger partial charge on any atom is 0.326 e. The summed E-state index contributed by atoms with van der Waals surface area (Å²) in [5, 5.41) is 17.6. The molecule has 11 N–H and O–H groups in total. The smallest absolute Gasteiger partial charge is 0.326 e. The maximum atomic E-state index is 13.6. The molecule has 5 unspecified atom stereocenters. The number of carbonyl (C=O) groups excluding carboxylic acids is 3. The highest BCUT2D eigenvalue weighted by Gasteiger charge is 2.31. The average Bonchev–Trinajstić information content (AvgIpc) is 3.46. The number of aliphatic imine (C=N–C) groups is 1. The molecule has 224 valence electrons. The van der Waals surface area contributed by atoms with E-state index in [1.807, 2.05) is 44.2 Å². The second kappa shape index (κ2) is 16.6. The van der Waals surface area contributed by atoms with Crippen LogP contribution in [0.4, 0.5) is 0 Å². The van der Waals surface area contributed by atoms with Crippen LogP contribution in [-0.2, 0) is 32.0 Å².